The van der Waals surface area contributed by atoms with Crippen LogP contribution in [0.5, 0.6) is 0 Å². The molecule has 5 aliphatic rings. The zero-order valence-electron chi connectivity index (χ0n) is 21.9. The van der Waals surface area contributed by atoms with Crippen LogP contribution in [-0.2, 0) is 27.0 Å². The van der Waals surface area contributed by atoms with E-state index in [2.05, 4.69) is 13.8 Å². The summed E-state index contributed by atoms with van der Waals surface area (Å²) in [5.41, 5.74) is -1.01. The first-order valence-corrected chi connectivity index (χ1v) is 14.1. The van der Waals surface area contributed by atoms with Crippen LogP contribution >= 0.6 is 0 Å². The quantitative estimate of drug-likeness (QED) is 0.425. The average molecular weight is 518 g/mol. The minimum Gasteiger partial charge on any atom is -0.457 e. The molecule has 4 saturated carbocycles. The Labute approximate surface area is 217 Å². The number of benzene rings is 1. The number of hydrogen-bond acceptors (Lipinski definition) is 4. The van der Waals surface area contributed by atoms with Crippen LogP contribution in [-0.4, -0.2) is 35.3 Å². The van der Waals surface area contributed by atoms with Crippen LogP contribution in [0.4, 0.5) is 13.2 Å². The van der Waals surface area contributed by atoms with Crippen molar-refractivity contribution in [3.05, 3.63) is 35.4 Å². The van der Waals surface area contributed by atoms with Crippen molar-refractivity contribution in [3.8, 4) is 0 Å². The maximum atomic E-state index is 13.6. The highest BCUT2D eigenvalue weighted by Crippen LogP contribution is 2.66. The Balaban J connectivity index is 1.20. The van der Waals surface area contributed by atoms with Gasteiger partial charge < -0.3 is 4.74 Å². The molecule has 0 amide bonds. The van der Waals surface area contributed by atoms with Gasteiger partial charge in [0.05, 0.1) is 12.1 Å². The minimum absolute atomic E-state index is 0.0227. The first-order chi connectivity index (χ1) is 17.4. The van der Waals surface area contributed by atoms with E-state index in [4.69, 9.17) is 4.74 Å². The summed E-state index contributed by atoms with van der Waals surface area (Å²) in [5, 5.41) is 0. The lowest BCUT2D eigenvalue weighted by molar-refractivity contribution is -0.200. The lowest BCUT2D eigenvalue weighted by Gasteiger charge is -2.62. The number of fused-ring (bicyclic) bond motifs is 5. The normalized spacial score (nSPS) is 42.2. The fourth-order valence-corrected chi connectivity index (χ4v) is 9.55. The molecule has 1 aliphatic heterocycles. The van der Waals surface area contributed by atoms with Gasteiger partial charge >= 0.3 is 12.1 Å². The molecular weight excluding hydrogens is 479 g/mol. The van der Waals surface area contributed by atoms with Crippen molar-refractivity contribution in [2.45, 2.75) is 90.0 Å². The monoisotopic (exact) mass is 517 g/mol. The molecule has 0 N–H and O–H groups in total. The van der Waals surface area contributed by atoms with Crippen LogP contribution in [0.3, 0.4) is 0 Å². The summed E-state index contributed by atoms with van der Waals surface area (Å²) in [7, 11) is 0. The first kappa shape index (κ1) is 25.4. The first-order valence-electron chi connectivity index (χ1n) is 14.1. The molecule has 5 fully saturated rings. The summed E-state index contributed by atoms with van der Waals surface area (Å²) in [6, 6.07) is 5.66. The fraction of sp³-hybridized carbons (Fsp3) is 0.733. The Morgan fingerprint density at radius 1 is 1.00 bits per heavy atom. The van der Waals surface area contributed by atoms with Crippen molar-refractivity contribution in [3.63, 3.8) is 0 Å². The summed E-state index contributed by atoms with van der Waals surface area (Å²) < 4.78 is 46.8. The number of nitrogens with zero attached hydrogens (tertiary/aromatic N) is 1. The van der Waals surface area contributed by atoms with Crippen LogP contribution in [0.15, 0.2) is 24.3 Å². The van der Waals surface area contributed by atoms with Crippen LogP contribution in [0.2, 0.25) is 0 Å². The number of rotatable bonds is 2. The van der Waals surface area contributed by atoms with Crippen LogP contribution in [0, 0.1) is 34.5 Å². The van der Waals surface area contributed by atoms with Crippen LogP contribution in [0.1, 0.15) is 82.8 Å². The van der Waals surface area contributed by atoms with E-state index in [1.807, 2.05) is 4.90 Å². The molecular formula is C30H38F3NO3. The van der Waals surface area contributed by atoms with Gasteiger partial charge in [0, 0.05) is 24.9 Å². The van der Waals surface area contributed by atoms with Crippen molar-refractivity contribution < 1.29 is 27.5 Å². The molecule has 0 unspecified atom stereocenters. The van der Waals surface area contributed by atoms with Gasteiger partial charge in [0.15, 0.2) is 0 Å². The predicted octanol–water partition coefficient (Wildman–Crippen LogP) is 6.41. The van der Waals surface area contributed by atoms with E-state index in [-0.39, 0.29) is 35.5 Å². The van der Waals surface area contributed by atoms with Gasteiger partial charge in [-0.2, -0.15) is 13.2 Å². The fourth-order valence-electron chi connectivity index (χ4n) is 9.55. The summed E-state index contributed by atoms with van der Waals surface area (Å²) in [6.45, 7) is 5.24. The van der Waals surface area contributed by atoms with Crippen molar-refractivity contribution in [2.24, 2.45) is 34.5 Å². The molecule has 0 radical (unpaired) electrons. The van der Waals surface area contributed by atoms with Gasteiger partial charge in [0.2, 0.25) is 0 Å². The number of esters is 1. The van der Waals surface area contributed by atoms with E-state index in [1.54, 1.807) is 6.07 Å². The number of carbonyl (C=O) groups excluding carboxylic acids is 2. The number of Topliss-reactive ketones (excluding diaryl/α,β-unsaturated/α-hetero) is 1. The van der Waals surface area contributed by atoms with Gasteiger partial charge in [0.25, 0.3) is 0 Å². The highest BCUT2D eigenvalue weighted by atomic mass is 19.4. The highest BCUT2D eigenvalue weighted by molar-refractivity contribution is 5.87. The Morgan fingerprint density at radius 3 is 2.57 bits per heavy atom. The maximum Gasteiger partial charge on any atom is 0.416 e. The smallest absolute Gasteiger partial charge is 0.416 e. The largest absolute Gasteiger partial charge is 0.457 e. The molecule has 0 aromatic heterocycles. The van der Waals surface area contributed by atoms with Crippen molar-refractivity contribution >= 4 is 11.8 Å². The Hall–Kier alpha value is -1.89. The number of morpholine rings is 1. The highest BCUT2D eigenvalue weighted by Gasteiger charge is 2.62. The molecule has 6 rings (SSSR count). The molecule has 1 aromatic rings. The molecule has 1 heterocycles. The number of carbonyl (C=O) groups is 2. The molecule has 1 aromatic carbocycles. The van der Waals surface area contributed by atoms with Gasteiger partial charge in [-0.15, -0.1) is 0 Å². The Bertz CT molecular complexity index is 1100. The third-order valence-electron chi connectivity index (χ3n) is 11.4. The molecule has 4 nitrogen and oxygen atoms in total. The van der Waals surface area contributed by atoms with Crippen LogP contribution < -0.4 is 0 Å². The SMILES string of the molecule is C[C@]12CC[C@@]3(C[C@@H]1CC[C@@H]1[C@@H]2CC[C@]2(C)C(=O)CC[C@@H]12)CN(Cc1ccccc1C(F)(F)F)CC(=O)O3. The van der Waals surface area contributed by atoms with Crippen molar-refractivity contribution in [2.75, 3.05) is 13.1 Å². The van der Waals surface area contributed by atoms with Gasteiger partial charge in [0.1, 0.15) is 11.4 Å². The van der Waals surface area contributed by atoms with Crippen molar-refractivity contribution in [1.82, 2.24) is 4.90 Å². The van der Waals surface area contributed by atoms with E-state index in [0.717, 1.165) is 63.9 Å². The number of ketones is 1. The predicted molar refractivity (Wildman–Crippen MR) is 132 cm³/mol. The topological polar surface area (TPSA) is 46.6 Å². The zero-order chi connectivity index (χ0) is 26.2. The summed E-state index contributed by atoms with van der Waals surface area (Å²) >= 11 is 0. The molecule has 1 spiro atoms. The molecule has 202 valence electrons. The standard InChI is InChI=1S/C30H38F3NO3/c1-27-13-14-29(15-20(27)7-8-21-23-9-10-25(35)28(23,2)12-11-24(21)27)18-34(17-26(36)37-29)16-19-5-3-4-6-22(19)30(31,32)33/h3-6,20-21,23-24H,7-18H2,1-2H3/t20-,21-,23-,24-,27-,28-,29+/m0/s1. The van der Waals surface area contributed by atoms with E-state index >= 15 is 0 Å². The van der Waals surface area contributed by atoms with Gasteiger partial charge in [-0.1, -0.05) is 32.0 Å². The summed E-state index contributed by atoms with van der Waals surface area (Å²) in [5.74, 6) is 2.27. The minimum atomic E-state index is -4.42. The van der Waals surface area contributed by atoms with E-state index < -0.39 is 17.3 Å². The Kier molecular flexibility index (Phi) is 5.87. The van der Waals surface area contributed by atoms with E-state index in [0.29, 0.717) is 36.0 Å². The van der Waals surface area contributed by atoms with Crippen LogP contribution in [0.25, 0.3) is 0 Å². The lowest BCUT2D eigenvalue weighted by atomic mass is 9.44. The molecule has 4 aliphatic carbocycles. The Morgan fingerprint density at radius 2 is 1.78 bits per heavy atom. The van der Waals surface area contributed by atoms with E-state index in [1.165, 1.54) is 12.1 Å². The number of alkyl halides is 3. The third-order valence-corrected chi connectivity index (χ3v) is 11.4. The van der Waals surface area contributed by atoms with E-state index in [9.17, 15) is 22.8 Å². The molecule has 1 saturated heterocycles. The molecule has 0 bridgehead atoms. The second-order valence-electron chi connectivity index (χ2n) is 13.2. The maximum absolute atomic E-state index is 13.6. The number of halogens is 3. The summed E-state index contributed by atoms with van der Waals surface area (Å²) in [6.07, 6.45) is 4.16. The molecule has 37 heavy (non-hydrogen) atoms. The van der Waals surface area contributed by atoms with Gasteiger partial charge in [-0.25, -0.2) is 0 Å². The number of ether oxygens (including phenoxy) is 1. The second kappa shape index (κ2) is 8.56. The summed E-state index contributed by atoms with van der Waals surface area (Å²) in [4.78, 5) is 27.3. The number of hydrogen-bond donors (Lipinski definition) is 0. The van der Waals surface area contributed by atoms with Gasteiger partial charge in [-0.05, 0) is 92.1 Å². The molecule has 7 atom stereocenters. The molecule has 7 heteroatoms. The third kappa shape index (κ3) is 4.06. The van der Waals surface area contributed by atoms with Gasteiger partial charge in [-0.3, -0.25) is 14.5 Å². The second-order valence-corrected chi connectivity index (χ2v) is 13.2. The lowest BCUT2D eigenvalue weighted by Crippen LogP contribution is -2.61. The average Bonchev–Trinajstić information content (AvgIpc) is 3.13. The van der Waals surface area contributed by atoms with Crippen molar-refractivity contribution in [1.29, 1.82) is 0 Å². The zero-order valence-corrected chi connectivity index (χ0v) is 21.9.